The van der Waals surface area contributed by atoms with Gasteiger partial charge in [0.05, 0.1) is 19.3 Å². The molecule has 3 aromatic rings. The molecule has 0 bridgehead atoms. The average Bonchev–Trinajstić information content (AvgIpc) is 3.40. The van der Waals surface area contributed by atoms with Gasteiger partial charge in [-0.25, -0.2) is 4.39 Å². The molecule has 0 saturated carbocycles. The summed E-state index contributed by atoms with van der Waals surface area (Å²) in [7, 11) is 0. The lowest BCUT2D eigenvalue weighted by Crippen LogP contribution is -2.18. The minimum Gasteiger partial charge on any atom is -0.454 e. The standard InChI is InChI=1S/C22H22FN3O4S/c1-2-9-26-21(16-4-6-17(23)7-5-16)24-25-22(26)31-13-18(27)12-28-11-15-3-8-19-20(10-15)30-14-29-19/h2-8,10,18,27H,1,9,11-14H2. The first kappa shape index (κ1) is 21.4. The second-order valence-electron chi connectivity index (χ2n) is 6.88. The molecule has 1 unspecified atom stereocenters. The van der Waals surface area contributed by atoms with Crippen LogP contribution in [0.15, 0.2) is 60.3 Å². The molecule has 1 N–H and O–H groups in total. The number of fused-ring (bicyclic) bond motifs is 1. The van der Waals surface area contributed by atoms with E-state index in [1.165, 1.54) is 23.9 Å². The molecule has 0 radical (unpaired) electrons. The molecule has 2 aromatic carbocycles. The van der Waals surface area contributed by atoms with E-state index >= 15 is 0 Å². The molecular formula is C22H22FN3O4S. The summed E-state index contributed by atoms with van der Waals surface area (Å²) in [6.45, 7) is 5.05. The molecule has 4 rings (SSSR count). The predicted molar refractivity (Wildman–Crippen MR) is 115 cm³/mol. The summed E-state index contributed by atoms with van der Waals surface area (Å²) in [5.74, 6) is 2.13. The fourth-order valence-corrected chi connectivity index (χ4v) is 3.92. The number of thioether (sulfide) groups is 1. The van der Waals surface area contributed by atoms with Gasteiger partial charge in [0.15, 0.2) is 22.5 Å². The van der Waals surface area contributed by atoms with Gasteiger partial charge in [-0.2, -0.15) is 0 Å². The Labute approximate surface area is 183 Å². The zero-order valence-corrected chi connectivity index (χ0v) is 17.6. The molecule has 1 aliphatic heterocycles. The van der Waals surface area contributed by atoms with Crippen LogP contribution in [0.3, 0.4) is 0 Å². The number of aromatic nitrogens is 3. The van der Waals surface area contributed by atoms with Crippen molar-refractivity contribution in [1.82, 2.24) is 14.8 Å². The number of hydrogen-bond acceptors (Lipinski definition) is 7. The predicted octanol–water partition coefficient (Wildman–Crippen LogP) is 3.67. The quantitative estimate of drug-likeness (QED) is 0.378. The van der Waals surface area contributed by atoms with Gasteiger partial charge in [-0.1, -0.05) is 23.9 Å². The van der Waals surface area contributed by atoms with Crippen LogP contribution in [0.25, 0.3) is 11.4 Å². The summed E-state index contributed by atoms with van der Waals surface area (Å²) in [6, 6.07) is 11.7. The minimum absolute atomic E-state index is 0.182. The van der Waals surface area contributed by atoms with Crippen LogP contribution in [0.1, 0.15) is 5.56 Å². The SMILES string of the molecule is C=CCn1c(SCC(O)COCc2ccc3c(c2)OCO3)nnc1-c1ccc(F)cc1. The van der Waals surface area contributed by atoms with Crippen molar-refractivity contribution in [2.24, 2.45) is 0 Å². The van der Waals surface area contributed by atoms with Crippen LogP contribution in [0, 0.1) is 5.82 Å². The molecule has 7 nitrogen and oxygen atoms in total. The molecule has 9 heteroatoms. The Morgan fingerprint density at radius 3 is 2.81 bits per heavy atom. The summed E-state index contributed by atoms with van der Waals surface area (Å²) in [6.07, 6.45) is 1.06. The van der Waals surface area contributed by atoms with Crippen LogP contribution in [0.5, 0.6) is 11.5 Å². The first-order valence-corrected chi connectivity index (χ1v) is 10.7. The number of ether oxygens (including phenoxy) is 3. The highest BCUT2D eigenvalue weighted by molar-refractivity contribution is 7.99. The average molecular weight is 444 g/mol. The van der Waals surface area contributed by atoms with E-state index in [1.807, 2.05) is 22.8 Å². The van der Waals surface area contributed by atoms with Gasteiger partial charge in [-0.05, 0) is 42.0 Å². The minimum atomic E-state index is -0.679. The number of aliphatic hydroxyl groups is 1. The molecule has 1 aromatic heterocycles. The number of hydrogen-bond donors (Lipinski definition) is 1. The van der Waals surface area contributed by atoms with Gasteiger partial charge in [0.2, 0.25) is 6.79 Å². The maximum Gasteiger partial charge on any atom is 0.231 e. The summed E-state index contributed by atoms with van der Waals surface area (Å²) in [5, 5.41) is 19.4. The van der Waals surface area contributed by atoms with Crippen LogP contribution in [-0.2, 0) is 17.9 Å². The number of nitrogens with zero attached hydrogens (tertiary/aromatic N) is 3. The van der Waals surface area contributed by atoms with E-state index in [2.05, 4.69) is 16.8 Å². The fourth-order valence-electron chi connectivity index (χ4n) is 3.06. The summed E-state index contributed by atoms with van der Waals surface area (Å²) < 4.78 is 31.4. The summed E-state index contributed by atoms with van der Waals surface area (Å²) >= 11 is 1.38. The van der Waals surface area contributed by atoms with E-state index in [9.17, 15) is 9.50 Å². The first-order valence-electron chi connectivity index (χ1n) is 9.71. The topological polar surface area (TPSA) is 78.6 Å². The van der Waals surface area contributed by atoms with E-state index in [0.717, 1.165) is 16.9 Å². The molecule has 162 valence electrons. The third kappa shape index (κ3) is 5.25. The number of benzene rings is 2. The van der Waals surface area contributed by atoms with Crippen molar-refractivity contribution in [2.75, 3.05) is 19.2 Å². The Morgan fingerprint density at radius 1 is 1.19 bits per heavy atom. The second kappa shape index (κ2) is 9.95. The lowest BCUT2D eigenvalue weighted by Gasteiger charge is -2.12. The summed E-state index contributed by atoms with van der Waals surface area (Å²) in [4.78, 5) is 0. The normalized spacial score (nSPS) is 13.4. The first-order chi connectivity index (χ1) is 15.1. The number of halogens is 1. The molecular weight excluding hydrogens is 421 g/mol. The van der Waals surface area contributed by atoms with Gasteiger partial charge < -0.3 is 19.3 Å². The third-order valence-corrected chi connectivity index (χ3v) is 5.66. The van der Waals surface area contributed by atoms with Crippen LogP contribution < -0.4 is 9.47 Å². The van der Waals surface area contributed by atoms with E-state index in [0.29, 0.717) is 35.6 Å². The van der Waals surface area contributed by atoms with Crippen LogP contribution in [0.2, 0.25) is 0 Å². The fraction of sp³-hybridized carbons (Fsp3) is 0.273. The lowest BCUT2D eigenvalue weighted by molar-refractivity contribution is 0.0397. The molecule has 0 spiro atoms. The van der Waals surface area contributed by atoms with Crippen molar-refractivity contribution < 1.29 is 23.7 Å². The molecule has 0 saturated heterocycles. The van der Waals surface area contributed by atoms with E-state index < -0.39 is 6.10 Å². The van der Waals surface area contributed by atoms with Crippen molar-refractivity contribution >= 4 is 11.8 Å². The zero-order chi connectivity index (χ0) is 21.6. The molecule has 0 aliphatic carbocycles. The van der Waals surface area contributed by atoms with Crippen molar-refractivity contribution in [3.05, 3.63) is 66.5 Å². The van der Waals surface area contributed by atoms with E-state index in [-0.39, 0.29) is 19.2 Å². The van der Waals surface area contributed by atoms with Crippen molar-refractivity contribution in [2.45, 2.75) is 24.4 Å². The maximum absolute atomic E-state index is 13.2. The van der Waals surface area contributed by atoms with Gasteiger partial charge in [0.25, 0.3) is 0 Å². The zero-order valence-electron chi connectivity index (χ0n) is 16.7. The Balaban J connectivity index is 1.31. The van der Waals surface area contributed by atoms with E-state index in [4.69, 9.17) is 14.2 Å². The van der Waals surface area contributed by atoms with Gasteiger partial charge in [0, 0.05) is 17.9 Å². The molecule has 0 amide bonds. The number of aliphatic hydroxyl groups excluding tert-OH is 1. The Kier molecular flexibility index (Phi) is 6.86. The van der Waals surface area contributed by atoms with Crippen LogP contribution >= 0.6 is 11.8 Å². The number of allylic oxidation sites excluding steroid dienone is 1. The maximum atomic E-state index is 13.2. The van der Waals surface area contributed by atoms with Gasteiger partial charge >= 0.3 is 0 Å². The Hall–Kier alpha value is -2.88. The number of rotatable bonds is 10. The second-order valence-corrected chi connectivity index (χ2v) is 7.87. The molecule has 31 heavy (non-hydrogen) atoms. The molecule has 1 aliphatic rings. The van der Waals surface area contributed by atoms with Gasteiger partial charge in [0.1, 0.15) is 5.82 Å². The van der Waals surface area contributed by atoms with Gasteiger partial charge in [-0.3, -0.25) is 4.57 Å². The summed E-state index contributed by atoms with van der Waals surface area (Å²) in [5.41, 5.74) is 1.70. The molecule has 2 heterocycles. The lowest BCUT2D eigenvalue weighted by atomic mass is 10.2. The third-order valence-electron chi connectivity index (χ3n) is 4.55. The van der Waals surface area contributed by atoms with Crippen molar-refractivity contribution in [3.8, 4) is 22.9 Å². The largest absolute Gasteiger partial charge is 0.454 e. The molecule has 0 fully saturated rings. The highest BCUT2D eigenvalue weighted by atomic mass is 32.2. The Morgan fingerprint density at radius 2 is 2.00 bits per heavy atom. The van der Waals surface area contributed by atoms with Crippen LogP contribution in [0.4, 0.5) is 4.39 Å². The van der Waals surface area contributed by atoms with Gasteiger partial charge in [-0.15, -0.1) is 16.8 Å². The monoisotopic (exact) mass is 443 g/mol. The van der Waals surface area contributed by atoms with Crippen molar-refractivity contribution in [3.63, 3.8) is 0 Å². The molecule has 1 atom stereocenters. The van der Waals surface area contributed by atoms with Crippen LogP contribution in [-0.4, -0.2) is 45.1 Å². The highest BCUT2D eigenvalue weighted by Gasteiger charge is 2.16. The highest BCUT2D eigenvalue weighted by Crippen LogP contribution is 2.32. The smallest absolute Gasteiger partial charge is 0.231 e. The van der Waals surface area contributed by atoms with Crippen molar-refractivity contribution in [1.29, 1.82) is 0 Å². The van der Waals surface area contributed by atoms with E-state index in [1.54, 1.807) is 18.2 Å². The Bertz CT molecular complexity index is 1040.